The van der Waals surface area contributed by atoms with Gasteiger partial charge in [-0.05, 0) is 80.5 Å². The molecule has 4 rings (SSSR count). The molecule has 0 aliphatic heterocycles. The lowest BCUT2D eigenvalue weighted by molar-refractivity contribution is -0.0153. The summed E-state index contributed by atoms with van der Waals surface area (Å²) in [5.41, 5.74) is 5.66. The molecule has 1 aliphatic carbocycles. The van der Waals surface area contributed by atoms with Crippen LogP contribution in [0.1, 0.15) is 57.0 Å². The average Bonchev–Trinajstić information content (AvgIpc) is 3.11. The second-order valence-corrected chi connectivity index (χ2v) is 8.80. The Morgan fingerprint density at radius 1 is 1.10 bits per heavy atom. The quantitative estimate of drug-likeness (QED) is 0.467. The van der Waals surface area contributed by atoms with Gasteiger partial charge in [-0.3, -0.25) is 0 Å². The largest absolute Gasteiger partial charge is 0.371 e. The Labute approximate surface area is 178 Å². The van der Waals surface area contributed by atoms with Gasteiger partial charge in [0.1, 0.15) is 5.82 Å². The van der Waals surface area contributed by atoms with E-state index in [0.717, 1.165) is 24.2 Å². The van der Waals surface area contributed by atoms with Gasteiger partial charge in [-0.15, -0.1) is 0 Å². The first kappa shape index (κ1) is 20.5. The highest BCUT2D eigenvalue weighted by molar-refractivity contribution is 5.60. The molecule has 30 heavy (non-hydrogen) atoms. The van der Waals surface area contributed by atoms with Gasteiger partial charge in [0.2, 0.25) is 0 Å². The summed E-state index contributed by atoms with van der Waals surface area (Å²) in [6, 6.07) is 17.0. The van der Waals surface area contributed by atoms with Crippen LogP contribution in [0.3, 0.4) is 0 Å². The standard InChI is InChI=1S/C26H29FN2O/c1-18(2)30-25(20-8-6-5-7-9-20)16-26(4)15-21-17-28-29(24(21)14-19(26)3)23-12-10-22(27)11-13-23/h5-14,17-18,25H,15-16H2,1-4H3/t25?,26-/m1/s1. The zero-order valence-corrected chi connectivity index (χ0v) is 18.1. The van der Waals surface area contributed by atoms with Crippen molar-refractivity contribution in [3.05, 3.63) is 89.0 Å². The van der Waals surface area contributed by atoms with E-state index in [-0.39, 0.29) is 23.4 Å². The molecule has 2 aromatic carbocycles. The molecule has 3 aromatic rings. The molecule has 0 spiro atoms. The molecule has 3 nitrogen and oxygen atoms in total. The van der Waals surface area contributed by atoms with Crippen molar-refractivity contribution >= 4 is 6.08 Å². The van der Waals surface area contributed by atoms with Crippen molar-refractivity contribution in [3.63, 3.8) is 0 Å². The van der Waals surface area contributed by atoms with E-state index in [4.69, 9.17) is 4.74 Å². The molecule has 1 unspecified atom stereocenters. The minimum atomic E-state index is -0.240. The van der Waals surface area contributed by atoms with Crippen LogP contribution in [0.2, 0.25) is 0 Å². The van der Waals surface area contributed by atoms with Crippen LogP contribution >= 0.6 is 0 Å². The number of allylic oxidation sites excluding steroid dienone is 1. The average molecular weight is 405 g/mol. The van der Waals surface area contributed by atoms with Crippen molar-refractivity contribution in [1.29, 1.82) is 0 Å². The molecule has 1 aliphatic rings. The molecule has 4 heteroatoms. The predicted octanol–water partition coefficient (Wildman–Crippen LogP) is 6.53. The van der Waals surface area contributed by atoms with E-state index >= 15 is 0 Å². The SMILES string of the molecule is CC1=Cc2c(cnn2-c2ccc(F)cc2)C[C@]1(C)CC(OC(C)C)c1ccccc1. The number of ether oxygens (including phenoxy) is 1. The van der Waals surface area contributed by atoms with Crippen LogP contribution in [0.15, 0.2) is 66.4 Å². The van der Waals surface area contributed by atoms with E-state index in [9.17, 15) is 4.39 Å². The third kappa shape index (κ3) is 4.10. The van der Waals surface area contributed by atoms with Crippen molar-refractivity contribution in [2.75, 3.05) is 0 Å². The number of aromatic nitrogens is 2. The van der Waals surface area contributed by atoms with Crippen LogP contribution in [-0.4, -0.2) is 15.9 Å². The Bertz CT molecular complexity index is 1040. The van der Waals surface area contributed by atoms with Crippen LogP contribution in [-0.2, 0) is 11.2 Å². The molecule has 0 fully saturated rings. The Morgan fingerprint density at radius 3 is 2.47 bits per heavy atom. The third-order valence-corrected chi connectivity index (χ3v) is 6.09. The van der Waals surface area contributed by atoms with Crippen LogP contribution in [0.4, 0.5) is 4.39 Å². The second kappa shape index (κ2) is 8.19. The summed E-state index contributed by atoms with van der Waals surface area (Å²) in [5, 5.41) is 4.60. The van der Waals surface area contributed by atoms with Gasteiger partial charge in [0, 0.05) is 0 Å². The first-order chi connectivity index (χ1) is 14.4. The minimum absolute atomic E-state index is 0.0287. The van der Waals surface area contributed by atoms with Crippen molar-refractivity contribution in [2.24, 2.45) is 5.41 Å². The second-order valence-electron chi connectivity index (χ2n) is 8.80. The zero-order valence-electron chi connectivity index (χ0n) is 18.1. The highest BCUT2D eigenvalue weighted by atomic mass is 19.1. The van der Waals surface area contributed by atoms with Gasteiger partial charge in [0.05, 0.1) is 29.8 Å². The number of hydrogen-bond donors (Lipinski definition) is 0. The fourth-order valence-corrected chi connectivity index (χ4v) is 4.29. The number of hydrogen-bond acceptors (Lipinski definition) is 2. The van der Waals surface area contributed by atoms with Gasteiger partial charge in [-0.2, -0.15) is 5.10 Å². The molecule has 1 aromatic heterocycles. The smallest absolute Gasteiger partial charge is 0.123 e. The molecule has 1 heterocycles. The summed E-state index contributed by atoms with van der Waals surface area (Å²) in [5.74, 6) is -0.240. The van der Waals surface area contributed by atoms with Crippen LogP contribution < -0.4 is 0 Å². The van der Waals surface area contributed by atoms with E-state index in [1.807, 2.05) is 16.9 Å². The maximum Gasteiger partial charge on any atom is 0.123 e. The summed E-state index contributed by atoms with van der Waals surface area (Å²) in [4.78, 5) is 0. The first-order valence-corrected chi connectivity index (χ1v) is 10.6. The topological polar surface area (TPSA) is 27.1 Å². The first-order valence-electron chi connectivity index (χ1n) is 10.6. The van der Waals surface area contributed by atoms with Crippen molar-refractivity contribution < 1.29 is 9.13 Å². The molecule has 156 valence electrons. The third-order valence-electron chi connectivity index (χ3n) is 6.09. The Balaban J connectivity index is 1.64. The van der Waals surface area contributed by atoms with Gasteiger partial charge in [0.15, 0.2) is 0 Å². The molecular weight excluding hydrogens is 375 g/mol. The molecule has 0 N–H and O–H groups in total. The summed E-state index contributed by atoms with van der Waals surface area (Å²) < 4.78 is 21.6. The van der Waals surface area contributed by atoms with E-state index in [1.165, 1.54) is 28.8 Å². The van der Waals surface area contributed by atoms with Gasteiger partial charge in [-0.25, -0.2) is 9.07 Å². The van der Waals surface area contributed by atoms with Gasteiger partial charge in [-0.1, -0.05) is 42.8 Å². The van der Waals surface area contributed by atoms with Crippen LogP contribution in [0, 0.1) is 11.2 Å². The maximum atomic E-state index is 13.3. The Morgan fingerprint density at radius 2 is 1.80 bits per heavy atom. The maximum absolute atomic E-state index is 13.3. The summed E-state index contributed by atoms with van der Waals surface area (Å²) in [7, 11) is 0. The van der Waals surface area contributed by atoms with Gasteiger partial charge < -0.3 is 4.74 Å². The lowest BCUT2D eigenvalue weighted by Gasteiger charge is -2.37. The number of nitrogens with zero attached hydrogens (tertiary/aromatic N) is 2. The normalized spacial score (nSPS) is 19.5. The highest BCUT2D eigenvalue weighted by Crippen LogP contribution is 2.45. The summed E-state index contributed by atoms with van der Waals surface area (Å²) in [6.45, 7) is 8.69. The van der Waals surface area contributed by atoms with E-state index in [2.05, 4.69) is 63.1 Å². The lowest BCUT2D eigenvalue weighted by atomic mass is 9.70. The van der Waals surface area contributed by atoms with Gasteiger partial charge in [0.25, 0.3) is 0 Å². The van der Waals surface area contributed by atoms with Crippen molar-refractivity contribution in [1.82, 2.24) is 9.78 Å². The van der Waals surface area contributed by atoms with Crippen molar-refractivity contribution in [3.8, 4) is 5.69 Å². The molecule has 0 saturated heterocycles. The van der Waals surface area contributed by atoms with Crippen LogP contribution in [0.5, 0.6) is 0 Å². The monoisotopic (exact) mass is 404 g/mol. The fraction of sp³-hybridized carbons (Fsp3) is 0.346. The number of halogens is 1. The molecule has 0 radical (unpaired) electrons. The molecule has 0 saturated carbocycles. The number of rotatable bonds is 6. The summed E-state index contributed by atoms with van der Waals surface area (Å²) >= 11 is 0. The van der Waals surface area contributed by atoms with E-state index < -0.39 is 0 Å². The molecule has 0 amide bonds. The Kier molecular flexibility index (Phi) is 5.61. The Hall–Kier alpha value is -2.72. The fourth-order valence-electron chi connectivity index (χ4n) is 4.29. The highest BCUT2D eigenvalue weighted by Gasteiger charge is 2.36. The van der Waals surface area contributed by atoms with E-state index in [0.29, 0.717) is 0 Å². The lowest BCUT2D eigenvalue weighted by Crippen LogP contribution is -2.28. The molecular formula is C26H29FN2O. The zero-order chi connectivity index (χ0) is 21.3. The minimum Gasteiger partial charge on any atom is -0.371 e. The van der Waals surface area contributed by atoms with E-state index in [1.54, 1.807) is 12.1 Å². The number of benzene rings is 2. The molecule has 2 atom stereocenters. The predicted molar refractivity (Wildman–Crippen MR) is 119 cm³/mol. The number of fused-ring (bicyclic) bond motifs is 1. The summed E-state index contributed by atoms with van der Waals surface area (Å²) in [6.07, 6.45) is 6.17. The molecule has 0 bridgehead atoms. The van der Waals surface area contributed by atoms with Crippen molar-refractivity contribution in [2.45, 2.75) is 52.7 Å². The van der Waals surface area contributed by atoms with Gasteiger partial charge >= 0.3 is 0 Å². The van der Waals surface area contributed by atoms with Crippen LogP contribution in [0.25, 0.3) is 11.8 Å².